The van der Waals surface area contributed by atoms with Crippen LogP contribution in [0.5, 0.6) is 0 Å². The van der Waals surface area contributed by atoms with Gasteiger partial charge in [0.15, 0.2) is 5.65 Å². The molecule has 0 spiro atoms. The number of fused-ring (bicyclic) bond motifs is 2. The minimum Gasteiger partial charge on any atom is -0.278 e. The maximum atomic E-state index is 13.6. The third-order valence-corrected chi connectivity index (χ3v) is 4.99. The Balaban J connectivity index is 1.78. The molecule has 132 valence electrons. The number of alkyl halides is 3. The van der Waals surface area contributed by atoms with Gasteiger partial charge in [0.05, 0.1) is 11.7 Å². The van der Waals surface area contributed by atoms with Crippen LogP contribution in [0.15, 0.2) is 36.5 Å². The molecule has 1 fully saturated rings. The summed E-state index contributed by atoms with van der Waals surface area (Å²) in [5.74, 6) is -0.637. The van der Waals surface area contributed by atoms with Crippen LogP contribution in [0, 0.1) is 0 Å². The van der Waals surface area contributed by atoms with Gasteiger partial charge in [-0.25, -0.2) is 9.97 Å². The molecule has 1 aliphatic rings. The number of benzene rings is 1. The Labute approximate surface area is 145 Å². The fourth-order valence-corrected chi connectivity index (χ4v) is 3.41. The predicted octanol–water partition coefficient (Wildman–Crippen LogP) is 4.58. The summed E-state index contributed by atoms with van der Waals surface area (Å²) < 4.78 is 42.0. The van der Waals surface area contributed by atoms with Crippen molar-refractivity contribution >= 4 is 22.1 Å². The van der Waals surface area contributed by atoms with Crippen molar-refractivity contribution < 1.29 is 13.2 Å². The maximum absolute atomic E-state index is 13.6. The van der Waals surface area contributed by atoms with Crippen LogP contribution in [0.1, 0.15) is 36.7 Å². The van der Waals surface area contributed by atoms with E-state index in [9.17, 15) is 13.2 Å². The molecule has 1 saturated carbocycles. The fraction of sp³-hybridized carbons (Fsp3) is 0.278. The van der Waals surface area contributed by atoms with E-state index in [-0.39, 0.29) is 11.2 Å². The van der Waals surface area contributed by atoms with Gasteiger partial charge in [-0.3, -0.25) is 9.67 Å². The number of hydrogen-bond donors (Lipinski definition) is 1. The first kappa shape index (κ1) is 15.4. The van der Waals surface area contributed by atoms with Gasteiger partial charge >= 0.3 is 6.18 Å². The number of nitrogens with zero attached hydrogens (tertiary/aromatic N) is 4. The number of aromatic nitrogens is 5. The lowest BCUT2D eigenvalue weighted by Gasteiger charge is -2.24. The Morgan fingerprint density at radius 1 is 1.08 bits per heavy atom. The Hall–Kier alpha value is -2.90. The zero-order chi connectivity index (χ0) is 17.9. The smallest absolute Gasteiger partial charge is 0.278 e. The molecule has 0 radical (unpaired) electrons. The number of hydrogen-bond acceptors (Lipinski definition) is 3. The number of pyridine rings is 1. The fourth-order valence-electron chi connectivity index (χ4n) is 3.41. The zero-order valence-corrected chi connectivity index (χ0v) is 13.6. The number of rotatable bonds is 2. The second-order valence-electron chi connectivity index (χ2n) is 6.62. The summed E-state index contributed by atoms with van der Waals surface area (Å²) in [6.45, 7) is 0. The van der Waals surface area contributed by atoms with E-state index in [1.807, 2.05) is 0 Å². The quantitative estimate of drug-likeness (QED) is 0.571. The Morgan fingerprint density at radius 3 is 2.65 bits per heavy atom. The number of nitrogens with one attached hydrogen (secondary N) is 1. The molecule has 1 aromatic carbocycles. The molecular formula is C18H14F3N5. The van der Waals surface area contributed by atoms with Crippen LogP contribution in [-0.2, 0) is 6.18 Å². The molecule has 8 heteroatoms. The summed E-state index contributed by atoms with van der Waals surface area (Å²) >= 11 is 0. The molecule has 26 heavy (non-hydrogen) atoms. The van der Waals surface area contributed by atoms with Crippen LogP contribution in [0.3, 0.4) is 0 Å². The normalized spacial score (nSPS) is 15.7. The minimum atomic E-state index is -4.58. The monoisotopic (exact) mass is 357 g/mol. The SMILES string of the molecule is FC(F)(F)c1nc2ccc(C3CCC3)nc2n1-c1ccc2[nH]ncc2c1. The van der Waals surface area contributed by atoms with E-state index >= 15 is 0 Å². The van der Waals surface area contributed by atoms with Crippen LogP contribution in [0.25, 0.3) is 27.8 Å². The van der Waals surface area contributed by atoms with Crippen molar-refractivity contribution in [1.82, 2.24) is 24.7 Å². The largest absolute Gasteiger partial charge is 0.450 e. The molecule has 5 rings (SSSR count). The van der Waals surface area contributed by atoms with Crippen molar-refractivity contribution in [2.75, 3.05) is 0 Å². The van der Waals surface area contributed by atoms with Gasteiger partial charge in [-0.1, -0.05) is 6.42 Å². The molecule has 0 amide bonds. The van der Waals surface area contributed by atoms with Crippen molar-refractivity contribution in [3.8, 4) is 5.69 Å². The Morgan fingerprint density at radius 2 is 1.92 bits per heavy atom. The van der Waals surface area contributed by atoms with Gasteiger partial charge in [-0.05, 0) is 43.2 Å². The molecule has 0 atom stereocenters. The summed E-state index contributed by atoms with van der Waals surface area (Å²) in [7, 11) is 0. The van der Waals surface area contributed by atoms with Gasteiger partial charge in [-0.2, -0.15) is 18.3 Å². The van der Waals surface area contributed by atoms with E-state index in [2.05, 4.69) is 20.2 Å². The van der Waals surface area contributed by atoms with Gasteiger partial charge in [0.1, 0.15) is 5.52 Å². The highest BCUT2D eigenvalue weighted by atomic mass is 19.4. The summed E-state index contributed by atoms with van der Waals surface area (Å²) in [6, 6.07) is 8.42. The Bertz CT molecular complexity index is 1120. The number of H-pyrrole nitrogens is 1. The van der Waals surface area contributed by atoms with E-state index in [0.29, 0.717) is 11.6 Å². The highest BCUT2D eigenvalue weighted by Gasteiger charge is 2.38. The van der Waals surface area contributed by atoms with Gasteiger partial charge in [0, 0.05) is 22.7 Å². The molecule has 1 N–H and O–H groups in total. The second-order valence-corrected chi connectivity index (χ2v) is 6.62. The van der Waals surface area contributed by atoms with E-state index in [1.54, 1.807) is 36.5 Å². The molecule has 0 unspecified atom stereocenters. The predicted molar refractivity (Wildman–Crippen MR) is 90.1 cm³/mol. The second kappa shape index (κ2) is 5.30. The highest BCUT2D eigenvalue weighted by Crippen LogP contribution is 2.38. The lowest BCUT2D eigenvalue weighted by atomic mass is 9.83. The van der Waals surface area contributed by atoms with Crippen molar-refractivity contribution in [2.24, 2.45) is 0 Å². The van der Waals surface area contributed by atoms with E-state index in [0.717, 1.165) is 40.4 Å². The van der Waals surface area contributed by atoms with Gasteiger partial charge < -0.3 is 0 Å². The average molecular weight is 357 g/mol. The zero-order valence-electron chi connectivity index (χ0n) is 13.6. The summed E-state index contributed by atoms with van der Waals surface area (Å²) in [4.78, 5) is 8.38. The van der Waals surface area contributed by atoms with E-state index in [4.69, 9.17) is 0 Å². The van der Waals surface area contributed by atoms with Crippen molar-refractivity contribution in [3.05, 3.63) is 48.0 Å². The summed E-state index contributed by atoms with van der Waals surface area (Å²) in [5, 5.41) is 7.46. The van der Waals surface area contributed by atoms with E-state index in [1.165, 1.54) is 0 Å². The van der Waals surface area contributed by atoms with Crippen LogP contribution < -0.4 is 0 Å². The molecule has 5 nitrogen and oxygen atoms in total. The first-order chi connectivity index (χ1) is 12.5. The number of aromatic amines is 1. The summed E-state index contributed by atoms with van der Waals surface area (Å²) in [5.41, 5.74) is 2.45. The average Bonchev–Trinajstić information content (AvgIpc) is 3.15. The Kier molecular flexibility index (Phi) is 3.13. The molecule has 0 bridgehead atoms. The third kappa shape index (κ3) is 2.28. The number of imidazole rings is 1. The molecule has 3 aromatic heterocycles. The minimum absolute atomic E-state index is 0.240. The van der Waals surface area contributed by atoms with Crippen molar-refractivity contribution in [3.63, 3.8) is 0 Å². The van der Waals surface area contributed by atoms with Crippen LogP contribution in [-0.4, -0.2) is 24.7 Å². The molecule has 0 saturated heterocycles. The van der Waals surface area contributed by atoms with Crippen molar-refractivity contribution in [2.45, 2.75) is 31.4 Å². The first-order valence-electron chi connectivity index (χ1n) is 8.41. The van der Waals surface area contributed by atoms with Gasteiger partial charge in [0.25, 0.3) is 0 Å². The van der Waals surface area contributed by atoms with Crippen LogP contribution >= 0.6 is 0 Å². The summed E-state index contributed by atoms with van der Waals surface area (Å²) in [6.07, 6.45) is 0.190. The lowest BCUT2D eigenvalue weighted by molar-refractivity contribution is -0.145. The third-order valence-electron chi connectivity index (χ3n) is 4.99. The maximum Gasteiger partial charge on any atom is 0.450 e. The van der Waals surface area contributed by atoms with E-state index < -0.39 is 12.0 Å². The number of halogens is 3. The van der Waals surface area contributed by atoms with Crippen LogP contribution in [0.4, 0.5) is 13.2 Å². The van der Waals surface area contributed by atoms with Gasteiger partial charge in [0.2, 0.25) is 5.82 Å². The van der Waals surface area contributed by atoms with Crippen LogP contribution in [0.2, 0.25) is 0 Å². The molecule has 1 aliphatic carbocycles. The first-order valence-corrected chi connectivity index (χ1v) is 8.41. The molecule has 3 heterocycles. The topological polar surface area (TPSA) is 59.4 Å². The standard InChI is InChI=1S/C18H14F3N5/c19-18(20,21)17-24-15-7-6-13(10-2-1-3-10)23-16(15)26(17)12-4-5-14-11(8-12)9-22-25-14/h4-10H,1-3H2,(H,22,25). The van der Waals surface area contributed by atoms with Crippen molar-refractivity contribution in [1.29, 1.82) is 0 Å². The lowest BCUT2D eigenvalue weighted by Crippen LogP contribution is -2.14. The molecular weight excluding hydrogens is 343 g/mol. The molecule has 0 aliphatic heterocycles. The molecule has 4 aromatic rings. The highest BCUT2D eigenvalue weighted by molar-refractivity contribution is 5.82. The van der Waals surface area contributed by atoms with Gasteiger partial charge in [-0.15, -0.1) is 0 Å².